The third-order valence-corrected chi connectivity index (χ3v) is 7.95. The van der Waals surface area contributed by atoms with Gasteiger partial charge in [0.25, 0.3) is 5.91 Å². The van der Waals surface area contributed by atoms with Crippen molar-refractivity contribution in [3.8, 4) is 22.4 Å². The van der Waals surface area contributed by atoms with Crippen molar-refractivity contribution < 1.29 is 14.3 Å². The number of fused-ring (bicyclic) bond motifs is 1. The highest BCUT2D eigenvalue weighted by molar-refractivity contribution is 6.33. The van der Waals surface area contributed by atoms with E-state index in [1.807, 2.05) is 61.7 Å². The highest BCUT2D eigenvalue weighted by atomic mass is 35.5. The van der Waals surface area contributed by atoms with Crippen molar-refractivity contribution in [2.24, 2.45) is 0 Å². The molecule has 0 bridgehead atoms. The summed E-state index contributed by atoms with van der Waals surface area (Å²) in [5, 5.41) is 6.78. The fourth-order valence-electron chi connectivity index (χ4n) is 5.34. The number of aromatic nitrogens is 3. The van der Waals surface area contributed by atoms with Gasteiger partial charge < -0.3 is 20.3 Å². The van der Waals surface area contributed by atoms with Gasteiger partial charge in [-0.3, -0.25) is 14.6 Å². The van der Waals surface area contributed by atoms with Gasteiger partial charge in [0, 0.05) is 49.3 Å². The smallest absolute Gasteiger partial charge is 0.254 e. The predicted molar refractivity (Wildman–Crippen MR) is 161 cm³/mol. The van der Waals surface area contributed by atoms with Gasteiger partial charge in [-0.15, -0.1) is 0 Å². The fourth-order valence-corrected chi connectivity index (χ4v) is 5.54. The minimum absolute atomic E-state index is 0.0333. The van der Waals surface area contributed by atoms with E-state index in [9.17, 15) is 9.59 Å². The van der Waals surface area contributed by atoms with Crippen LogP contribution in [0.2, 0.25) is 5.02 Å². The molecule has 1 unspecified atom stereocenters. The van der Waals surface area contributed by atoms with Gasteiger partial charge in [0.05, 0.1) is 23.0 Å². The largest absolute Gasteiger partial charge is 0.381 e. The predicted octanol–water partition coefficient (Wildman–Crippen LogP) is 5.28. The van der Waals surface area contributed by atoms with Crippen molar-refractivity contribution in [1.82, 2.24) is 25.2 Å². The number of anilines is 1. The second kappa shape index (κ2) is 12.3. The van der Waals surface area contributed by atoms with Crippen LogP contribution in [0.15, 0.2) is 73.2 Å². The van der Waals surface area contributed by atoms with Crippen LogP contribution in [0.25, 0.3) is 22.4 Å². The molecule has 42 heavy (non-hydrogen) atoms. The van der Waals surface area contributed by atoms with Gasteiger partial charge in [0.15, 0.2) is 0 Å². The molecule has 0 aliphatic carbocycles. The maximum Gasteiger partial charge on any atom is 0.254 e. The van der Waals surface area contributed by atoms with Crippen LogP contribution < -0.4 is 10.6 Å². The van der Waals surface area contributed by atoms with Crippen LogP contribution in [0.1, 0.15) is 47.3 Å². The summed E-state index contributed by atoms with van der Waals surface area (Å²) in [5.41, 5.74) is 5.75. The molecule has 1 saturated heterocycles. The zero-order chi connectivity index (χ0) is 29.1. The van der Waals surface area contributed by atoms with Crippen LogP contribution >= 0.6 is 11.6 Å². The minimum Gasteiger partial charge on any atom is -0.381 e. The number of nitrogens with one attached hydrogen (secondary N) is 2. The van der Waals surface area contributed by atoms with E-state index >= 15 is 0 Å². The first kappa shape index (κ1) is 27.8. The van der Waals surface area contributed by atoms with Gasteiger partial charge in [-0.2, -0.15) is 0 Å². The highest BCUT2D eigenvalue weighted by Gasteiger charge is 2.30. The van der Waals surface area contributed by atoms with Gasteiger partial charge in [0.1, 0.15) is 6.54 Å². The van der Waals surface area contributed by atoms with E-state index in [1.54, 1.807) is 23.4 Å². The first-order chi connectivity index (χ1) is 20.4. The standard InChI is InChI=1S/C32H31ClN6O3/c1-20(21-4-6-22(7-5-21)24-3-2-12-34-16-24)36-29(40)19-39-18-25-9-8-23(15-27(25)31(39)41)30-28(33)17-35-32(38-30)37-26-10-13-42-14-11-26/h2-9,12,15-17,20,26H,10-11,13-14,18-19H2,1H3,(H,36,40)(H,35,37,38). The van der Waals surface area contributed by atoms with Crippen molar-refractivity contribution in [3.05, 3.63) is 94.9 Å². The summed E-state index contributed by atoms with van der Waals surface area (Å²) in [6.45, 7) is 3.68. The van der Waals surface area contributed by atoms with Crippen molar-refractivity contribution in [2.45, 2.75) is 38.4 Å². The second-order valence-electron chi connectivity index (χ2n) is 10.6. The van der Waals surface area contributed by atoms with Crippen LogP contribution in [0.5, 0.6) is 0 Å². The van der Waals surface area contributed by atoms with E-state index in [0.717, 1.165) is 40.7 Å². The minimum atomic E-state index is -0.220. The molecule has 2 N–H and O–H groups in total. The molecular formula is C32H31ClN6O3. The number of carbonyl (C=O) groups is 2. The molecular weight excluding hydrogens is 552 g/mol. The first-order valence-corrected chi connectivity index (χ1v) is 14.4. The zero-order valence-electron chi connectivity index (χ0n) is 23.2. The summed E-state index contributed by atoms with van der Waals surface area (Å²) in [7, 11) is 0. The lowest BCUT2D eigenvalue weighted by Gasteiger charge is -2.23. The molecule has 9 nitrogen and oxygen atoms in total. The third-order valence-electron chi connectivity index (χ3n) is 7.68. The Labute approximate surface area is 249 Å². The Morgan fingerprint density at radius 2 is 1.86 bits per heavy atom. The number of pyridine rings is 1. The van der Waals surface area contributed by atoms with Gasteiger partial charge in [-0.25, -0.2) is 9.97 Å². The summed E-state index contributed by atoms with van der Waals surface area (Å²) in [5.74, 6) is 0.0800. The Morgan fingerprint density at radius 3 is 2.62 bits per heavy atom. The molecule has 4 aromatic rings. The first-order valence-electron chi connectivity index (χ1n) is 14.0. The van der Waals surface area contributed by atoms with E-state index in [2.05, 4.69) is 25.6 Å². The Balaban J connectivity index is 1.09. The average Bonchev–Trinajstić information content (AvgIpc) is 3.33. The summed E-state index contributed by atoms with van der Waals surface area (Å²) in [4.78, 5) is 41.0. The average molecular weight is 583 g/mol. The lowest BCUT2D eigenvalue weighted by atomic mass is 10.0. The second-order valence-corrected chi connectivity index (χ2v) is 11.0. The van der Waals surface area contributed by atoms with E-state index in [0.29, 0.717) is 42.0 Å². The van der Waals surface area contributed by atoms with E-state index in [1.165, 1.54) is 0 Å². The Kier molecular flexibility index (Phi) is 8.12. The molecule has 0 radical (unpaired) electrons. The van der Waals surface area contributed by atoms with Gasteiger partial charge >= 0.3 is 0 Å². The molecule has 1 fully saturated rings. The highest BCUT2D eigenvalue weighted by Crippen LogP contribution is 2.32. The molecule has 6 rings (SSSR count). The lowest BCUT2D eigenvalue weighted by molar-refractivity contribution is -0.122. The molecule has 2 aliphatic rings. The van der Waals surface area contributed by atoms with Crippen molar-refractivity contribution >= 4 is 29.4 Å². The number of hydrogen-bond donors (Lipinski definition) is 2. The summed E-state index contributed by atoms with van der Waals surface area (Å²) in [6, 6.07) is 17.6. The summed E-state index contributed by atoms with van der Waals surface area (Å²) < 4.78 is 5.43. The van der Waals surface area contributed by atoms with Crippen LogP contribution in [0, 0.1) is 0 Å². The Bertz CT molecular complexity index is 1590. The van der Waals surface area contributed by atoms with Crippen molar-refractivity contribution in [1.29, 1.82) is 0 Å². The molecule has 2 amide bonds. The third kappa shape index (κ3) is 6.12. The molecule has 214 valence electrons. The molecule has 0 saturated carbocycles. The van der Waals surface area contributed by atoms with Gasteiger partial charge in [-0.05, 0) is 54.2 Å². The number of carbonyl (C=O) groups excluding carboxylic acids is 2. The Hall–Kier alpha value is -4.34. The Morgan fingerprint density at radius 1 is 1.07 bits per heavy atom. The maximum atomic E-state index is 13.3. The molecule has 0 spiro atoms. The molecule has 4 heterocycles. The van der Waals surface area contributed by atoms with E-state index < -0.39 is 0 Å². The van der Waals surface area contributed by atoms with Crippen LogP contribution in [0.3, 0.4) is 0 Å². The normalized spacial score (nSPS) is 15.8. The van der Waals surface area contributed by atoms with Gasteiger partial charge in [0.2, 0.25) is 11.9 Å². The monoisotopic (exact) mass is 582 g/mol. The number of hydrogen-bond acceptors (Lipinski definition) is 7. The number of amides is 2. The van der Waals surface area contributed by atoms with Crippen LogP contribution in [0.4, 0.5) is 5.95 Å². The summed E-state index contributed by atoms with van der Waals surface area (Å²) in [6.07, 6.45) is 6.91. The van der Waals surface area contributed by atoms with E-state index in [4.69, 9.17) is 16.3 Å². The lowest BCUT2D eigenvalue weighted by Crippen LogP contribution is -2.38. The maximum absolute atomic E-state index is 13.3. The number of ether oxygens (including phenoxy) is 1. The molecule has 10 heteroatoms. The number of halogens is 1. The topological polar surface area (TPSA) is 109 Å². The number of benzene rings is 2. The van der Waals surface area contributed by atoms with Crippen LogP contribution in [-0.4, -0.2) is 57.5 Å². The van der Waals surface area contributed by atoms with Crippen LogP contribution in [-0.2, 0) is 16.1 Å². The van der Waals surface area contributed by atoms with E-state index in [-0.39, 0.29) is 30.4 Å². The SMILES string of the molecule is CC(NC(=O)CN1Cc2ccc(-c3nc(NC4CCOCC4)ncc3Cl)cc2C1=O)c1ccc(-c2cccnc2)cc1. The van der Waals surface area contributed by atoms with Crippen molar-refractivity contribution in [3.63, 3.8) is 0 Å². The zero-order valence-corrected chi connectivity index (χ0v) is 24.0. The van der Waals surface area contributed by atoms with Gasteiger partial charge in [-0.1, -0.05) is 54.1 Å². The number of rotatable bonds is 8. The quantitative estimate of drug-likeness (QED) is 0.291. The number of nitrogens with zero attached hydrogens (tertiary/aromatic N) is 4. The fraction of sp³-hybridized carbons (Fsp3) is 0.281. The molecule has 1 atom stereocenters. The molecule has 2 aromatic heterocycles. The summed E-state index contributed by atoms with van der Waals surface area (Å²) >= 11 is 6.47. The molecule has 2 aliphatic heterocycles. The van der Waals surface area contributed by atoms with Crippen molar-refractivity contribution in [2.75, 3.05) is 25.1 Å². The molecule has 2 aromatic carbocycles.